The molecule has 4 heteroatoms. The number of likely N-dealkylation sites (N-methyl/N-ethyl adjacent to an activating group) is 1. The van der Waals surface area contributed by atoms with E-state index in [1.807, 2.05) is 14.0 Å². The highest BCUT2D eigenvalue weighted by molar-refractivity contribution is 5.85. The van der Waals surface area contributed by atoms with Crippen molar-refractivity contribution in [2.24, 2.45) is 11.7 Å². The maximum atomic E-state index is 12.0. The van der Waals surface area contributed by atoms with E-state index < -0.39 is 5.54 Å². The Morgan fingerprint density at radius 2 is 2.06 bits per heavy atom. The maximum Gasteiger partial charge on any atom is 0.242 e. The highest BCUT2D eigenvalue weighted by Gasteiger charge is 2.30. The second-order valence-corrected chi connectivity index (χ2v) is 5.01. The molecule has 1 atom stereocenters. The summed E-state index contributed by atoms with van der Waals surface area (Å²) in [4.78, 5) is 13.8. The molecule has 0 radical (unpaired) electrons. The van der Waals surface area contributed by atoms with Gasteiger partial charge in [0.25, 0.3) is 0 Å². The minimum atomic E-state index is -0.722. The van der Waals surface area contributed by atoms with Gasteiger partial charge in [0.2, 0.25) is 5.91 Å². The van der Waals surface area contributed by atoms with Crippen molar-refractivity contribution in [2.75, 3.05) is 26.8 Å². The summed E-state index contributed by atoms with van der Waals surface area (Å²) in [5.41, 5.74) is 5.23. The lowest BCUT2D eigenvalue weighted by molar-refractivity contribution is -0.136. The second-order valence-electron chi connectivity index (χ2n) is 5.01. The number of amides is 1. The fourth-order valence-corrected chi connectivity index (χ4v) is 1.99. The fraction of sp³-hybridized carbons (Fsp3) is 0.917. The van der Waals surface area contributed by atoms with Gasteiger partial charge in [0.1, 0.15) is 0 Å². The summed E-state index contributed by atoms with van der Waals surface area (Å²) < 4.78 is 5.30. The molecule has 1 unspecified atom stereocenters. The summed E-state index contributed by atoms with van der Waals surface area (Å²) >= 11 is 0. The van der Waals surface area contributed by atoms with Crippen LogP contribution in [-0.4, -0.2) is 43.2 Å². The standard InChI is InChI=1S/C12H24N2O2/c1-4-12(2,13)11(15)14(3)9-10-5-7-16-8-6-10/h10H,4-9,13H2,1-3H3. The zero-order valence-corrected chi connectivity index (χ0v) is 10.7. The van der Waals surface area contributed by atoms with Gasteiger partial charge < -0.3 is 15.4 Å². The van der Waals surface area contributed by atoms with Crippen LogP contribution >= 0.6 is 0 Å². The number of carbonyl (C=O) groups excluding carboxylic acids is 1. The van der Waals surface area contributed by atoms with Gasteiger partial charge in [0, 0.05) is 26.8 Å². The molecule has 1 rings (SSSR count). The lowest BCUT2D eigenvalue weighted by Crippen LogP contribution is -2.52. The van der Waals surface area contributed by atoms with E-state index in [1.165, 1.54) is 0 Å². The molecule has 0 spiro atoms. The van der Waals surface area contributed by atoms with Gasteiger partial charge >= 0.3 is 0 Å². The average molecular weight is 228 g/mol. The number of nitrogens with two attached hydrogens (primary N) is 1. The monoisotopic (exact) mass is 228 g/mol. The zero-order valence-electron chi connectivity index (χ0n) is 10.7. The molecule has 1 aliphatic heterocycles. The number of rotatable bonds is 4. The third-order valence-corrected chi connectivity index (χ3v) is 3.44. The van der Waals surface area contributed by atoms with Gasteiger partial charge in [0.15, 0.2) is 0 Å². The Morgan fingerprint density at radius 3 is 2.56 bits per heavy atom. The molecule has 1 saturated heterocycles. The Balaban J connectivity index is 2.44. The van der Waals surface area contributed by atoms with Gasteiger partial charge in [-0.15, -0.1) is 0 Å². The molecule has 4 nitrogen and oxygen atoms in total. The Hall–Kier alpha value is -0.610. The molecule has 0 aromatic rings. The first kappa shape index (κ1) is 13.5. The van der Waals surface area contributed by atoms with Crippen LogP contribution in [0.15, 0.2) is 0 Å². The van der Waals surface area contributed by atoms with Gasteiger partial charge in [-0.05, 0) is 32.1 Å². The molecule has 0 bridgehead atoms. The lowest BCUT2D eigenvalue weighted by atomic mass is 9.96. The van der Waals surface area contributed by atoms with E-state index in [0.29, 0.717) is 12.3 Å². The largest absolute Gasteiger partial charge is 0.381 e. The molecule has 0 aromatic carbocycles. The Morgan fingerprint density at radius 1 is 1.50 bits per heavy atom. The van der Waals surface area contributed by atoms with Crippen LogP contribution in [0.4, 0.5) is 0 Å². The van der Waals surface area contributed by atoms with Gasteiger partial charge in [-0.1, -0.05) is 6.92 Å². The maximum absolute atomic E-state index is 12.0. The van der Waals surface area contributed by atoms with E-state index in [9.17, 15) is 4.79 Å². The van der Waals surface area contributed by atoms with E-state index >= 15 is 0 Å². The van der Waals surface area contributed by atoms with Crippen molar-refractivity contribution in [2.45, 2.75) is 38.6 Å². The van der Waals surface area contributed by atoms with Crippen LogP contribution in [0, 0.1) is 5.92 Å². The predicted molar refractivity (Wildman–Crippen MR) is 64.1 cm³/mol. The molecule has 1 heterocycles. The first-order valence-electron chi connectivity index (χ1n) is 6.09. The molecule has 0 aromatic heterocycles. The summed E-state index contributed by atoms with van der Waals surface area (Å²) in [6.45, 7) is 6.19. The van der Waals surface area contributed by atoms with Gasteiger partial charge in [0.05, 0.1) is 5.54 Å². The van der Waals surface area contributed by atoms with Crippen molar-refractivity contribution < 1.29 is 9.53 Å². The normalized spacial score (nSPS) is 21.5. The molecule has 2 N–H and O–H groups in total. The molecule has 1 amide bonds. The third-order valence-electron chi connectivity index (χ3n) is 3.44. The van der Waals surface area contributed by atoms with E-state index in [1.54, 1.807) is 11.8 Å². The van der Waals surface area contributed by atoms with Crippen molar-refractivity contribution in [1.29, 1.82) is 0 Å². The number of carbonyl (C=O) groups is 1. The SMILES string of the molecule is CCC(C)(N)C(=O)N(C)CC1CCOCC1. The average Bonchev–Trinajstić information content (AvgIpc) is 2.29. The topological polar surface area (TPSA) is 55.6 Å². The van der Waals surface area contributed by atoms with Gasteiger partial charge in [-0.25, -0.2) is 0 Å². The van der Waals surface area contributed by atoms with Crippen LogP contribution in [0.2, 0.25) is 0 Å². The number of ether oxygens (including phenoxy) is 1. The van der Waals surface area contributed by atoms with Gasteiger partial charge in [-0.3, -0.25) is 4.79 Å². The Bertz CT molecular complexity index is 235. The van der Waals surface area contributed by atoms with Crippen molar-refractivity contribution in [3.05, 3.63) is 0 Å². The van der Waals surface area contributed by atoms with Crippen molar-refractivity contribution in [3.8, 4) is 0 Å². The summed E-state index contributed by atoms with van der Waals surface area (Å²) in [6.07, 6.45) is 2.76. The molecular weight excluding hydrogens is 204 g/mol. The quantitative estimate of drug-likeness (QED) is 0.781. The molecule has 0 saturated carbocycles. The van der Waals surface area contributed by atoms with Crippen LogP contribution < -0.4 is 5.73 Å². The fourth-order valence-electron chi connectivity index (χ4n) is 1.99. The highest BCUT2D eigenvalue weighted by atomic mass is 16.5. The van der Waals surface area contributed by atoms with Crippen LogP contribution in [-0.2, 0) is 9.53 Å². The third kappa shape index (κ3) is 3.46. The van der Waals surface area contributed by atoms with Gasteiger partial charge in [-0.2, -0.15) is 0 Å². The minimum Gasteiger partial charge on any atom is -0.381 e. The molecule has 94 valence electrons. The van der Waals surface area contributed by atoms with Crippen molar-refractivity contribution in [1.82, 2.24) is 4.90 Å². The molecule has 1 fully saturated rings. The van der Waals surface area contributed by atoms with E-state index in [0.717, 1.165) is 32.6 Å². The van der Waals surface area contributed by atoms with Crippen LogP contribution in [0.25, 0.3) is 0 Å². The van der Waals surface area contributed by atoms with E-state index in [2.05, 4.69) is 0 Å². The molecule has 16 heavy (non-hydrogen) atoms. The Labute approximate surface area is 98.1 Å². The minimum absolute atomic E-state index is 0.0430. The first-order chi connectivity index (χ1) is 7.47. The highest BCUT2D eigenvalue weighted by Crippen LogP contribution is 2.17. The van der Waals surface area contributed by atoms with Crippen LogP contribution in [0.5, 0.6) is 0 Å². The predicted octanol–water partition coefficient (Wildman–Crippen LogP) is 0.999. The molecular formula is C12H24N2O2. The smallest absolute Gasteiger partial charge is 0.242 e. The zero-order chi connectivity index (χ0) is 12.2. The van der Waals surface area contributed by atoms with Crippen LogP contribution in [0.3, 0.4) is 0 Å². The lowest BCUT2D eigenvalue weighted by Gasteiger charge is -2.32. The molecule has 1 aliphatic rings. The van der Waals surface area contributed by atoms with Crippen molar-refractivity contribution >= 4 is 5.91 Å². The summed E-state index contributed by atoms with van der Waals surface area (Å²) in [7, 11) is 1.85. The second kappa shape index (κ2) is 5.64. The summed E-state index contributed by atoms with van der Waals surface area (Å²) in [5, 5.41) is 0. The van der Waals surface area contributed by atoms with E-state index in [-0.39, 0.29) is 5.91 Å². The van der Waals surface area contributed by atoms with E-state index in [4.69, 9.17) is 10.5 Å². The van der Waals surface area contributed by atoms with Crippen LogP contribution in [0.1, 0.15) is 33.1 Å². The number of nitrogens with zero attached hydrogens (tertiary/aromatic N) is 1. The number of hydrogen-bond donors (Lipinski definition) is 1. The summed E-state index contributed by atoms with van der Waals surface area (Å²) in [5.74, 6) is 0.608. The summed E-state index contributed by atoms with van der Waals surface area (Å²) in [6, 6.07) is 0. The first-order valence-corrected chi connectivity index (χ1v) is 6.09. The molecule has 0 aliphatic carbocycles. The van der Waals surface area contributed by atoms with Crippen molar-refractivity contribution in [3.63, 3.8) is 0 Å². The Kier molecular flexibility index (Phi) is 4.74. The number of hydrogen-bond acceptors (Lipinski definition) is 3.